The number of imide groups is 1. The monoisotopic (exact) mass is 375 g/mol. The molecule has 2 rings (SSSR count). The summed E-state index contributed by atoms with van der Waals surface area (Å²) in [6, 6.07) is -0.563. The first kappa shape index (κ1) is 19.8. The Bertz CT molecular complexity index is 615. The van der Waals surface area contributed by atoms with Gasteiger partial charge >= 0.3 is 11.8 Å². The Morgan fingerprint density at radius 1 is 1.20 bits per heavy atom. The van der Waals surface area contributed by atoms with Crippen molar-refractivity contribution < 1.29 is 27.5 Å². The predicted octanol–water partition coefficient (Wildman–Crippen LogP) is -1.71. The van der Waals surface area contributed by atoms with Gasteiger partial charge < -0.3 is 15.0 Å². The smallest absolute Gasteiger partial charge is 0.316 e. The molecule has 2 saturated heterocycles. The summed E-state index contributed by atoms with van der Waals surface area (Å²) in [5, 5.41) is 5.28. The molecule has 142 valence electrons. The van der Waals surface area contributed by atoms with Gasteiger partial charge in [-0.1, -0.05) is 0 Å². The van der Waals surface area contributed by atoms with Gasteiger partial charge in [0.2, 0.25) is 5.91 Å². The van der Waals surface area contributed by atoms with Crippen LogP contribution in [0.1, 0.15) is 19.3 Å². The van der Waals surface area contributed by atoms with E-state index >= 15 is 0 Å². The molecule has 3 amide bonds. The fourth-order valence-electron chi connectivity index (χ4n) is 3.14. The Hall–Kier alpha value is -1.52. The van der Waals surface area contributed by atoms with Crippen molar-refractivity contribution in [3.8, 4) is 0 Å². The minimum Gasteiger partial charge on any atom is -0.383 e. The van der Waals surface area contributed by atoms with Crippen LogP contribution >= 0.6 is 0 Å². The van der Waals surface area contributed by atoms with Crippen LogP contribution in [0.2, 0.25) is 0 Å². The SMILES string of the molecule is COCCN(C(=O)C(=O)NC(=O)C1CCNCC1)C1CCS(=O)(=O)C1. The van der Waals surface area contributed by atoms with E-state index in [0.29, 0.717) is 25.9 Å². The summed E-state index contributed by atoms with van der Waals surface area (Å²) in [5.74, 6) is -2.82. The highest BCUT2D eigenvalue weighted by atomic mass is 32.2. The van der Waals surface area contributed by atoms with Crippen molar-refractivity contribution in [1.29, 1.82) is 0 Å². The van der Waals surface area contributed by atoms with E-state index < -0.39 is 33.6 Å². The summed E-state index contributed by atoms with van der Waals surface area (Å²) in [6.45, 7) is 1.67. The highest BCUT2D eigenvalue weighted by Crippen LogP contribution is 2.18. The summed E-state index contributed by atoms with van der Waals surface area (Å²) < 4.78 is 28.3. The van der Waals surface area contributed by atoms with Crippen LogP contribution in [0.3, 0.4) is 0 Å². The fraction of sp³-hybridized carbons (Fsp3) is 0.800. The minimum atomic E-state index is -3.21. The average molecular weight is 375 g/mol. The number of rotatable bonds is 5. The van der Waals surface area contributed by atoms with Gasteiger partial charge in [-0.2, -0.15) is 0 Å². The molecule has 10 heteroatoms. The van der Waals surface area contributed by atoms with Crippen molar-refractivity contribution in [3.63, 3.8) is 0 Å². The molecule has 1 unspecified atom stereocenters. The number of sulfone groups is 1. The van der Waals surface area contributed by atoms with Crippen LogP contribution in [0.5, 0.6) is 0 Å². The van der Waals surface area contributed by atoms with E-state index in [0.717, 1.165) is 0 Å². The van der Waals surface area contributed by atoms with Gasteiger partial charge in [0.1, 0.15) is 0 Å². The highest BCUT2D eigenvalue weighted by Gasteiger charge is 2.37. The molecule has 0 bridgehead atoms. The molecule has 2 N–H and O–H groups in total. The molecule has 2 aliphatic heterocycles. The first-order valence-electron chi connectivity index (χ1n) is 8.40. The third kappa shape index (κ3) is 5.48. The molecule has 25 heavy (non-hydrogen) atoms. The standard InChI is InChI=1S/C15H25N3O6S/c1-24-8-7-18(12-4-9-25(22,23)10-12)15(21)14(20)17-13(19)11-2-5-16-6-3-11/h11-12,16H,2-10H2,1H3,(H,17,19,20). The maximum absolute atomic E-state index is 12.5. The molecule has 0 aromatic rings. The summed E-state index contributed by atoms with van der Waals surface area (Å²) in [5.41, 5.74) is 0. The zero-order chi connectivity index (χ0) is 18.4. The summed E-state index contributed by atoms with van der Waals surface area (Å²) >= 11 is 0. The van der Waals surface area contributed by atoms with Crippen LogP contribution in [0.25, 0.3) is 0 Å². The zero-order valence-corrected chi connectivity index (χ0v) is 15.1. The molecule has 2 aliphatic rings. The largest absolute Gasteiger partial charge is 0.383 e. The molecule has 0 spiro atoms. The van der Waals surface area contributed by atoms with Crippen molar-refractivity contribution in [2.24, 2.45) is 5.92 Å². The number of hydrogen-bond acceptors (Lipinski definition) is 7. The van der Waals surface area contributed by atoms with E-state index in [2.05, 4.69) is 10.6 Å². The number of nitrogens with zero attached hydrogens (tertiary/aromatic N) is 1. The number of methoxy groups -OCH3 is 1. The van der Waals surface area contributed by atoms with Gasteiger partial charge in [-0.05, 0) is 32.4 Å². The molecule has 1 atom stereocenters. The predicted molar refractivity (Wildman–Crippen MR) is 89.4 cm³/mol. The number of hydrogen-bond donors (Lipinski definition) is 2. The lowest BCUT2D eigenvalue weighted by Gasteiger charge is -2.27. The Balaban J connectivity index is 1.99. The Morgan fingerprint density at radius 3 is 2.44 bits per heavy atom. The highest BCUT2D eigenvalue weighted by molar-refractivity contribution is 7.91. The van der Waals surface area contributed by atoms with Crippen LogP contribution in [-0.2, 0) is 29.0 Å². The maximum Gasteiger partial charge on any atom is 0.316 e. The molecule has 9 nitrogen and oxygen atoms in total. The van der Waals surface area contributed by atoms with Crippen LogP contribution in [-0.4, -0.2) is 81.9 Å². The number of piperidine rings is 1. The second-order valence-corrected chi connectivity index (χ2v) is 8.62. The number of amides is 3. The van der Waals surface area contributed by atoms with Gasteiger partial charge in [-0.25, -0.2) is 8.42 Å². The number of carbonyl (C=O) groups excluding carboxylic acids is 3. The lowest BCUT2D eigenvalue weighted by molar-refractivity contribution is -0.150. The van der Waals surface area contributed by atoms with Gasteiger partial charge in [0, 0.05) is 25.6 Å². The first-order chi connectivity index (χ1) is 11.8. The molecular weight excluding hydrogens is 350 g/mol. The Morgan fingerprint density at radius 2 is 1.88 bits per heavy atom. The van der Waals surface area contributed by atoms with Gasteiger partial charge in [0.05, 0.1) is 18.1 Å². The van der Waals surface area contributed by atoms with Crippen LogP contribution in [0, 0.1) is 5.92 Å². The van der Waals surface area contributed by atoms with Crippen LogP contribution < -0.4 is 10.6 Å². The van der Waals surface area contributed by atoms with E-state index in [4.69, 9.17) is 4.74 Å². The molecule has 2 fully saturated rings. The van der Waals surface area contributed by atoms with Gasteiger partial charge in [-0.3, -0.25) is 19.7 Å². The summed E-state index contributed by atoms with van der Waals surface area (Å²) in [6.07, 6.45) is 1.51. The van der Waals surface area contributed by atoms with Crippen molar-refractivity contribution in [2.45, 2.75) is 25.3 Å². The maximum atomic E-state index is 12.5. The minimum absolute atomic E-state index is 0.00987. The Kier molecular flexibility index (Phi) is 6.91. The van der Waals surface area contributed by atoms with Crippen molar-refractivity contribution in [2.75, 3.05) is 44.9 Å². The van der Waals surface area contributed by atoms with Gasteiger partial charge in [-0.15, -0.1) is 0 Å². The van der Waals surface area contributed by atoms with Crippen molar-refractivity contribution >= 4 is 27.6 Å². The summed E-state index contributed by atoms with van der Waals surface area (Å²) in [7, 11) is -1.75. The average Bonchev–Trinajstić information content (AvgIpc) is 2.95. The Labute approximate surface area is 147 Å². The molecule has 2 heterocycles. The quantitative estimate of drug-likeness (QED) is 0.549. The number of carbonyl (C=O) groups is 3. The first-order valence-corrected chi connectivity index (χ1v) is 10.2. The zero-order valence-electron chi connectivity index (χ0n) is 14.3. The third-order valence-electron chi connectivity index (χ3n) is 4.59. The third-order valence-corrected chi connectivity index (χ3v) is 6.34. The van der Waals surface area contributed by atoms with E-state index in [1.54, 1.807) is 0 Å². The molecule has 0 aliphatic carbocycles. The van der Waals surface area contributed by atoms with E-state index in [9.17, 15) is 22.8 Å². The van der Waals surface area contributed by atoms with Gasteiger partial charge in [0.15, 0.2) is 9.84 Å². The molecule has 0 saturated carbocycles. The van der Waals surface area contributed by atoms with E-state index in [-0.39, 0.29) is 37.0 Å². The molecule has 0 radical (unpaired) electrons. The van der Waals surface area contributed by atoms with E-state index in [1.807, 2.05) is 0 Å². The number of nitrogens with one attached hydrogen (secondary N) is 2. The van der Waals surface area contributed by atoms with Crippen LogP contribution in [0.4, 0.5) is 0 Å². The number of ether oxygens (including phenoxy) is 1. The second-order valence-electron chi connectivity index (χ2n) is 6.39. The lowest BCUT2D eigenvalue weighted by atomic mass is 9.97. The van der Waals surface area contributed by atoms with Gasteiger partial charge in [0.25, 0.3) is 0 Å². The molecule has 0 aromatic carbocycles. The topological polar surface area (TPSA) is 122 Å². The van der Waals surface area contributed by atoms with Crippen molar-refractivity contribution in [3.05, 3.63) is 0 Å². The normalized spacial score (nSPS) is 23.2. The van der Waals surface area contributed by atoms with Crippen molar-refractivity contribution in [1.82, 2.24) is 15.5 Å². The van der Waals surface area contributed by atoms with E-state index in [1.165, 1.54) is 12.0 Å². The fourth-order valence-corrected chi connectivity index (χ4v) is 4.87. The second kappa shape index (κ2) is 8.72. The molecular formula is C15H25N3O6S. The lowest BCUT2D eigenvalue weighted by Crippen LogP contribution is -2.52. The summed E-state index contributed by atoms with van der Waals surface area (Å²) in [4.78, 5) is 38.0. The molecule has 0 aromatic heterocycles. The van der Waals surface area contributed by atoms with Crippen LogP contribution in [0.15, 0.2) is 0 Å².